The van der Waals surface area contributed by atoms with Crippen molar-refractivity contribution in [2.24, 2.45) is 4.99 Å². The van der Waals surface area contributed by atoms with E-state index in [-0.39, 0.29) is 11.7 Å². The fraction of sp³-hybridized carbons (Fsp3) is 0.333. The molecule has 0 unspecified atom stereocenters. The average Bonchev–Trinajstić information content (AvgIpc) is 2.66. The summed E-state index contributed by atoms with van der Waals surface area (Å²) in [5.74, 6) is 0.770. The molecule has 0 aliphatic heterocycles. The third-order valence-corrected chi connectivity index (χ3v) is 4.15. The number of nitrogens with one attached hydrogen (secondary N) is 2. The number of phenols is 1. The highest BCUT2D eigenvalue weighted by atomic mass is 16.3. The Hall–Kier alpha value is -3.02. The molecule has 2 rings (SSSR count). The summed E-state index contributed by atoms with van der Waals surface area (Å²) in [5, 5.41) is 15.4. The molecule has 0 bridgehead atoms. The Morgan fingerprint density at radius 2 is 1.81 bits per heavy atom. The Morgan fingerprint density at radius 1 is 1.11 bits per heavy atom. The Kier molecular flexibility index (Phi) is 7.67. The largest absolute Gasteiger partial charge is 0.508 e. The number of nitrogens with zero attached hydrogens (tertiary/aromatic N) is 2. The van der Waals surface area contributed by atoms with Gasteiger partial charge in [0, 0.05) is 32.2 Å². The van der Waals surface area contributed by atoms with Crippen LogP contribution < -0.4 is 10.6 Å². The van der Waals surface area contributed by atoms with Crippen molar-refractivity contribution in [2.45, 2.75) is 20.4 Å². The molecule has 27 heavy (non-hydrogen) atoms. The number of carbonyl (C=O) groups is 1. The molecule has 0 spiro atoms. The minimum absolute atomic E-state index is 0.142. The number of hydrogen-bond acceptors (Lipinski definition) is 3. The van der Waals surface area contributed by atoms with Crippen LogP contribution in [0.4, 0.5) is 0 Å². The van der Waals surface area contributed by atoms with E-state index in [9.17, 15) is 9.90 Å². The van der Waals surface area contributed by atoms with E-state index in [1.54, 1.807) is 12.1 Å². The number of amides is 1. The predicted octanol–water partition coefficient (Wildman–Crippen LogP) is 2.53. The van der Waals surface area contributed by atoms with Crippen molar-refractivity contribution in [2.75, 3.05) is 26.7 Å². The first-order valence-electron chi connectivity index (χ1n) is 9.12. The van der Waals surface area contributed by atoms with Gasteiger partial charge in [-0.3, -0.25) is 9.79 Å². The average molecular weight is 368 g/mol. The van der Waals surface area contributed by atoms with Crippen LogP contribution in [0.5, 0.6) is 5.75 Å². The lowest BCUT2D eigenvalue weighted by molar-refractivity contribution is 0.0955. The molecule has 3 N–H and O–H groups in total. The second kappa shape index (κ2) is 10.2. The minimum atomic E-state index is -0.177. The van der Waals surface area contributed by atoms with E-state index in [1.165, 1.54) is 23.3 Å². The summed E-state index contributed by atoms with van der Waals surface area (Å²) in [5.41, 5.74) is 3.02. The summed E-state index contributed by atoms with van der Waals surface area (Å²) in [6.45, 7) is 6.59. The van der Waals surface area contributed by atoms with E-state index in [1.807, 2.05) is 26.1 Å². The number of hydrogen-bond donors (Lipinski definition) is 3. The monoisotopic (exact) mass is 368 g/mol. The predicted molar refractivity (Wildman–Crippen MR) is 109 cm³/mol. The Balaban J connectivity index is 1.89. The number of aromatic hydroxyl groups is 1. The molecule has 6 nitrogen and oxygen atoms in total. The number of benzene rings is 2. The molecule has 0 heterocycles. The first-order chi connectivity index (χ1) is 13.0. The van der Waals surface area contributed by atoms with Crippen LogP contribution in [0.1, 0.15) is 28.4 Å². The van der Waals surface area contributed by atoms with Crippen LogP contribution >= 0.6 is 0 Å². The lowest BCUT2D eigenvalue weighted by Crippen LogP contribution is -2.39. The Bertz CT molecular complexity index is 772. The molecular weight excluding hydrogens is 340 g/mol. The molecule has 2 aromatic carbocycles. The fourth-order valence-corrected chi connectivity index (χ4v) is 2.63. The smallest absolute Gasteiger partial charge is 0.251 e. The zero-order valence-electron chi connectivity index (χ0n) is 16.2. The van der Waals surface area contributed by atoms with Crippen LogP contribution in [-0.4, -0.2) is 48.6 Å². The number of phenolic OH excluding ortho intramolecular Hbond substituents is 1. The van der Waals surface area contributed by atoms with Crippen LogP contribution in [0.2, 0.25) is 0 Å². The highest BCUT2D eigenvalue weighted by molar-refractivity contribution is 5.94. The van der Waals surface area contributed by atoms with E-state index in [2.05, 4.69) is 39.6 Å². The maximum absolute atomic E-state index is 12.1. The van der Waals surface area contributed by atoms with E-state index < -0.39 is 0 Å². The van der Waals surface area contributed by atoms with Gasteiger partial charge < -0.3 is 20.6 Å². The Morgan fingerprint density at radius 3 is 2.48 bits per heavy atom. The molecule has 0 radical (unpaired) electrons. The highest BCUT2D eigenvalue weighted by Crippen LogP contribution is 2.10. The summed E-state index contributed by atoms with van der Waals surface area (Å²) in [6.07, 6.45) is 0. The van der Waals surface area contributed by atoms with Crippen LogP contribution in [0.3, 0.4) is 0 Å². The van der Waals surface area contributed by atoms with E-state index >= 15 is 0 Å². The van der Waals surface area contributed by atoms with Crippen molar-refractivity contribution in [3.63, 3.8) is 0 Å². The topological polar surface area (TPSA) is 77.0 Å². The van der Waals surface area contributed by atoms with Crippen LogP contribution in [0.15, 0.2) is 53.5 Å². The number of rotatable bonds is 7. The van der Waals surface area contributed by atoms with Gasteiger partial charge in [0.2, 0.25) is 0 Å². The van der Waals surface area contributed by atoms with Gasteiger partial charge in [0.15, 0.2) is 5.96 Å². The molecule has 0 saturated heterocycles. The quantitative estimate of drug-likeness (QED) is 0.399. The van der Waals surface area contributed by atoms with Crippen molar-refractivity contribution < 1.29 is 9.90 Å². The SMILES string of the molecule is CCNC(=NCCNC(=O)c1ccc(O)cc1)N(C)Cc1ccccc1C. The van der Waals surface area contributed by atoms with Gasteiger partial charge in [0.05, 0.1) is 6.54 Å². The van der Waals surface area contributed by atoms with Gasteiger partial charge >= 0.3 is 0 Å². The molecule has 0 aromatic heterocycles. The van der Waals surface area contributed by atoms with Crippen LogP contribution in [-0.2, 0) is 6.54 Å². The third kappa shape index (κ3) is 6.33. The van der Waals surface area contributed by atoms with Gasteiger partial charge in [-0.25, -0.2) is 0 Å². The first-order valence-corrected chi connectivity index (χ1v) is 9.12. The third-order valence-electron chi connectivity index (χ3n) is 4.15. The van der Waals surface area contributed by atoms with Gasteiger partial charge in [0.1, 0.15) is 5.75 Å². The number of guanidine groups is 1. The van der Waals surface area contributed by atoms with Crippen molar-refractivity contribution in [1.82, 2.24) is 15.5 Å². The summed E-state index contributed by atoms with van der Waals surface area (Å²) in [7, 11) is 2.00. The molecule has 2 aromatic rings. The fourth-order valence-electron chi connectivity index (χ4n) is 2.63. The second-order valence-corrected chi connectivity index (χ2v) is 6.32. The molecule has 0 atom stereocenters. The van der Waals surface area contributed by atoms with E-state index in [4.69, 9.17) is 0 Å². The zero-order chi connectivity index (χ0) is 19.6. The zero-order valence-corrected chi connectivity index (χ0v) is 16.2. The lowest BCUT2D eigenvalue weighted by atomic mass is 10.1. The van der Waals surface area contributed by atoms with Gasteiger partial charge in [0.25, 0.3) is 5.91 Å². The van der Waals surface area contributed by atoms with Crippen LogP contribution in [0.25, 0.3) is 0 Å². The molecular formula is C21H28N4O2. The molecule has 0 aliphatic carbocycles. The standard InChI is InChI=1S/C21H28N4O2/c1-4-22-21(25(3)15-18-8-6-5-7-16(18)2)24-14-13-23-20(27)17-9-11-19(26)12-10-17/h5-12,26H,4,13-15H2,1-3H3,(H,22,24)(H,23,27). The lowest BCUT2D eigenvalue weighted by Gasteiger charge is -2.23. The second-order valence-electron chi connectivity index (χ2n) is 6.32. The maximum atomic E-state index is 12.1. The molecule has 0 fully saturated rings. The Labute approximate surface area is 160 Å². The minimum Gasteiger partial charge on any atom is -0.508 e. The van der Waals surface area contributed by atoms with Gasteiger partial charge in [-0.2, -0.15) is 0 Å². The summed E-state index contributed by atoms with van der Waals surface area (Å²) < 4.78 is 0. The van der Waals surface area contributed by atoms with Crippen molar-refractivity contribution >= 4 is 11.9 Å². The van der Waals surface area contributed by atoms with Crippen molar-refractivity contribution in [3.05, 3.63) is 65.2 Å². The van der Waals surface area contributed by atoms with Gasteiger partial charge in [-0.15, -0.1) is 0 Å². The number of carbonyl (C=O) groups excluding carboxylic acids is 1. The summed E-state index contributed by atoms with van der Waals surface area (Å²) >= 11 is 0. The van der Waals surface area contributed by atoms with Gasteiger partial charge in [-0.05, 0) is 49.2 Å². The van der Waals surface area contributed by atoms with E-state index in [0.717, 1.165) is 19.0 Å². The molecule has 144 valence electrons. The maximum Gasteiger partial charge on any atom is 0.251 e. The summed E-state index contributed by atoms with van der Waals surface area (Å²) in [6, 6.07) is 14.5. The van der Waals surface area contributed by atoms with Crippen LogP contribution in [0, 0.1) is 6.92 Å². The van der Waals surface area contributed by atoms with Gasteiger partial charge in [-0.1, -0.05) is 24.3 Å². The molecule has 0 saturated carbocycles. The highest BCUT2D eigenvalue weighted by Gasteiger charge is 2.08. The molecule has 1 amide bonds. The van der Waals surface area contributed by atoms with E-state index in [0.29, 0.717) is 18.7 Å². The molecule has 0 aliphatic rings. The number of aliphatic imine (C=N–C) groups is 1. The van der Waals surface area contributed by atoms with Crippen molar-refractivity contribution in [1.29, 1.82) is 0 Å². The number of aryl methyl sites for hydroxylation is 1. The first kappa shape index (κ1) is 20.3. The normalized spacial score (nSPS) is 11.1. The van der Waals surface area contributed by atoms with Crippen molar-refractivity contribution in [3.8, 4) is 5.75 Å². The summed E-state index contributed by atoms with van der Waals surface area (Å²) in [4.78, 5) is 18.7. The molecule has 6 heteroatoms.